The van der Waals surface area contributed by atoms with E-state index in [-0.39, 0.29) is 5.56 Å². The molecule has 0 bridgehead atoms. The van der Waals surface area contributed by atoms with Gasteiger partial charge in [-0.05, 0) is 17.7 Å². The van der Waals surface area contributed by atoms with E-state index in [1.807, 2.05) is 38.1 Å². The number of nitriles is 1. The van der Waals surface area contributed by atoms with Gasteiger partial charge in [0.25, 0.3) is 5.69 Å². The number of likely N-dealkylation sites (N-methyl/N-ethyl adjacent to an activating group) is 1. The fourth-order valence-corrected chi connectivity index (χ4v) is 3.89. The van der Waals surface area contributed by atoms with Crippen molar-refractivity contribution in [3.8, 4) is 11.8 Å². The Morgan fingerprint density at radius 1 is 1.17 bits per heavy atom. The molecule has 1 aliphatic heterocycles. The van der Waals surface area contributed by atoms with E-state index in [4.69, 9.17) is 0 Å². The molecule has 148 valence electrons. The molecule has 2 aromatic carbocycles. The number of hydrogen-bond acceptors (Lipinski definition) is 7. The molecule has 9 nitrogen and oxygen atoms in total. The van der Waals surface area contributed by atoms with E-state index in [1.54, 1.807) is 11.9 Å². The van der Waals surface area contributed by atoms with Crippen LogP contribution in [0.1, 0.15) is 25.0 Å². The van der Waals surface area contributed by atoms with Crippen LogP contribution in [0.5, 0.6) is 5.75 Å². The van der Waals surface area contributed by atoms with Crippen LogP contribution in [0.2, 0.25) is 0 Å². The highest BCUT2D eigenvalue weighted by Gasteiger charge is 2.54. The molecule has 1 unspecified atom stereocenters. The second-order valence-electron chi connectivity index (χ2n) is 7.33. The molecular weight excluding hydrogens is 376 g/mol. The molecule has 0 spiro atoms. The highest BCUT2D eigenvalue weighted by atomic mass is 16.6. The monoisotopic (exact) mass is 394 g/mol. The number of hydrogen-bond donors (Lipinski definition) is 1. The van der Waals surface area contributed by atoms with Gasteiger partial charge < -0.3 is 10.0 Å². The topological polar surface area (TPSA) is 134 Å². The number of rotatable bonds is 4. The Bertz CT molecular complexity index is 1100. The van der Waals surface area contributed by atoms with E-state index in [9.17, 15) is 30.6 Å². The summed E-state index contributed by atoms with van der Waals surface area (Å²) in [6, 6.07) is 11.6. The smallest absolute Gasteiger partial charge is 0.318 e. The third kappa shape index (κ3) is 2.77. The van der Waals surface area contributed by atoms with Crippen LogP contribution in [0.3, 0.4) is 0 Å². The number of anilines is 1. The van der Waals surface area contributed by atoms with Crippen molar-refractivity contribution in [2.24, 2.45) is 0 Å². The first-order chi connectivity index (χ1) is 13.6. The van der Waals surface area contributed by atoms with E-state index in [1.165, 1.54) is 12.2 Å². The van der Waals surface area contributed by atoms with Crippen molar-refractivity contribution < 1.29 is 15.0 Å². The van der Waals surface area contributed by atoms with Gasteiger partial charge in [0.2, 0.25) is 5.75 Å². The number of nitro benzene ring substituents is 2. The lowest BCUT2D eigenvalue weighted by Gasteiger charge is -2.38. The van der Waals surface area contributed by atoms with Gasteiger partial charge in [0.15, 0.2) is 5.54 Å². The Labute approximate surface area is 166 Å². The van der Waals surface area contributed by atoms with Gasteiger partial charge in [0.1, 0.15) is 0 Å². The van der Waals surface area contributed by atoms with Crippen LogP contribution in [0.25, 0.3) is 6.08 Å². The molecule has 0 saturated heterocycles. The quantitative estimate of drug-likeness (QED) is 0.613. The summed E-state index contributed by atoms with van der Waals surface area (Å²) >= 11 is 0. The number of fused-ring (bicyclic) bond motifs is 1. The number of aromatic hydroxyl groups is 1. The normalized spacial score (nSPS) is 19.7. The zero-order valence-corrected chi connectivity index (χ0v) is 16.0. The summed E-state index contributed by atoms with van der Waals surface area (Å²) in [7, 11) is 1.76. The SMILES string of the molecule is CN1c2ccccc2C(C)(C)C1(C#N)/C=C/c1cc([N+](=O)[O-])cc([N+](=O)[O-])c1O. The van der Waals surface area contributed by atoms with Crippen LogP contribution >= 0.6 is 0 Å². The van der Waals surface area contributed by atoms with Crippen LogP contribution in [0, 0.1) is 31.6 Å². The summed E-state index contributed by atoms with van der Waals surface area (Å²) in [6.45, 7) is 3.80. The lowest BCUT2D eigenvalue weighted by atomic mass is 9.70. The van der Waals surface area contributed by atoms with Gasteiger partial charge in [-0.25, -0.2) is 0 Å². The summed E-state index contributed by atoms with van der Waals surface area (Å²) in [6.07, 6.45) is 2.85. The standard InChI is InChI=1S/C20H18N4O5/c1-19(2)15-6-4-5-7-16(15)22(3)20(19,12-21)9-8-13-10-14(23(26)27)11-17(18(13)25)24(28)29/h4-11,25H,1-3H3/b9-8+. The number of benzene rings is 2. The Kier molecular flexibility index (Phi) is 4.51. The maximum absolute atomic E-state index is 11.2. The lowest BCUT2D eigenvalue weighted by molar-refractivity contribution is -0.394. The predicted molar refractivity (Wildman–Crippen MR) is 107 cm³/mol. The van der Waals surface area contributed by atoms with Crippen molar-refractivity contribution in [2.75, 3.05) is 11.9 Å². The fourth-order valence-electron chi connectivity index (χ4n) is 3.89. The largest absolute Gasteiger partial charge is 0.502 e. The van der Waals surface area contributed by atoms with Gasteiger partial charge in [-0.3, -0.25) is 20.2 Å². The lowest BCUT2D eigenvalue weighted by Crippen LogP contribution is -2.51. The van der Waals surface area contributed by atoms with Crippen molar-refractivity contribution in [1.82, 2.24) is 0 Å². The minimum Gasteiger partial charge on any atom is -0.502 e. The second kappa shape index (κ2) is 6.60. The summed E-state index contributed by atoms with van der Waals surface area (Å²) in [5, 5.41) is 42.7. The molecule has 1 aliphatic rings. The molecule has 0 amide bonds. The molecule has 0 radical (unpaired) electrons. The first-order valence-corrected chi connectivity index (χ1v) is 8.66. The van der Waals surface area contributed by atoms with Crippen LogP contribution in [0.4, 0.5) is 17.1 Å². The molecule has 29 heavy (non-hydrogen) atoms. The summed E-state index contributed by atoms with van der Waals surface area (Å²) in [4.78, 5) is 22.4. The molecule has 0 aromatic heterocycles. The Morgan fingerprint density at radius 2 is 1.83 bits per heavy atom. The molecule has 0 saturated carbocycles. The van der Waals surface area contributed by atoms with E-state index in [0.717, 1.165) is 17.3 Å². The van der Waals surface area contributed by atoms with E-state index in [0.29, 0.717) is 6.07 Å². The van der Waals surface area contributed by atoms with Gasteiger partial charge in [0, 0.05) is 29.8 Å². The predicted octanol–water partition coefficient (Wildman–Crippen LogP) is 3.91. The van der Waals surface area contributed by atoms with E-state index in [2.05, 4.69) is 6.07 Å². The summed E-state index contributed by atoms with van der Waals surface area (Å²) in [5.74, 6) is -0.694. The van der Waals surface area contributed by atoms with Crippen molar-refractivity contribution >= 4 is 23.1 Å². The van der Waals surface area contributed by atoms with Gasteiger partial charge in [-0.1, -0.05) is 38.1 Å². The van der Waals surface area contributed by atoms with Gasteiger partial charge in [0.05, 0.1) is 22.0 Å². The maximum Gasteiger partial charge on any atom is 0.318 e. The highest BCUT2D eigenvalue weighted by Crippen LogP contribution is 2.51. The number of non-ortho nitro benzene ring substituents is 1. The molecule has 1 heterocycles. The number of phenolic OH excluding ortho intramolecular Hbond substituents is 1. The minimum atomic E-state index is -1.18. The second-order valence-corrected chi connectivity index (χ2v) is 7.33. The van der Waals surface area contributed by atoms with Crippen LogP contribution in [-0.4, -0.2) is 27.5 Å². The number of nitro groups is 2. The first kappa shape index (κ1) is 19.8. The average Bonchev–Trinajstić information content (AvgIpc) is 2.84. The van der Waals surface area contributed by atoms with Crippen LogP contribution < -0.4 is 4.90 Å². The summed E-state index contributed by atoms with van der Waals surface area (Å²) in [5.41, 5.74) is -1.44. The molecule has 9 heteroatoms. The zero-order chi connectivity index (χ0) is 21.6. The Morgan fingerprint density at radius 3 is 2.38 bits per heavy atom. The molecule has 2 aromatic rings. The zero-order valence-electron chi connectivity index (χ0n) is 16.0. The molecule has 0 fully saturated rings. The minimum absolute atomic E-state index is 0.110. The van der Waals surface area contributed by atoms with Crippen LogP contribution in [-0.2, 0) is 5.41 Å². The van der Waals surface area contributed by atoms with Crippen molar-refractivity contribution in [3.63, 3.8) is 0 Å². The van der Waals surface area contributed by atoms with Crippen molar-refractivity contribution in [1.29, 1.82) is 5.26 Å². The first-order valence-electron chi connectivity index (χ1n) is 8.66. The maximum atomic E-state index is 11.2. The Balaban J connectivity index is 2.18. The fraction of sp³-hybridized carbons (Fsp3) is 0.250. The third-order valence-corrected chi connectivity index (χ3v) is 5.61. The molecular formula is C20H18N4O5. The molecule has 1 atom stereocenters. The Hall–Kier alpha value is -3.93. The average molecular weight is 394 g/mol. The highest BCUT2D eigenvalue weighted by molar-refractivity contribution is 5.75. The number of nitrogens with zero attached hydrogens (tertiary/aromatic N) is 4. The van der Waals surface area contributed by atoms with Crippen LogP contribution in [0.15, 0.2) is 42.5 Å². The van der Waals surface area contributed by atoms with E-state index >= 15 is 0 Å². The molecule has 0 aliphatic carbocycles. The summed E-state index contributed by atoms with van der Waals surface area (Å²) < 4.78 is 0. The third-order valence-electron chi connectivity index (χ3n) is 5.61. The van der Waals surface area contributed by atoms with Gasteiger partial charge in [-0.2, -0.15) is 5.26 Å². The molecule has 1 N–H and O–H groups in total. The van der Waals surface area contributed by atoms with E-state index < -0.39 is 37.9 Å². The number of para-hydroxylation sites is 1. The van der Waals surface area contributed by atoms with Crippen molar-refractivity contribution in [3.05, 3.63) is 73.8 Å². The molecule has 3 rings (SSSR count). The van der Waals surface area contributed by atoms with Gasteiger partial charge >= 0.3 is 5.69 Å². The number of phenols is 1. The van der Waals surface area contributed by atoms with Gasteiger partial charge in [-0.15, -0.1) is 0 Å². The van der Waals surface area contributed by atoms with Crippen molar-refractivity contribution in [2.45, 2.75) is 24.8 Å².